The number of rotatable bonds is 6. The van der Waals surface area contributed by atoms with E-state index in [1.807, 2.05) is 6.07 Å². The molecule has 1 unspecified atom stereocenters. The summed E-state index contributed by atoms with van der Waals surface area (Å²) in [4.78, 5) is 2.31. The van der Waals surface area contributed by atoms with E-state index in [1.165, 1.54) is 38.6 Å². The Labute approximate surface area is 268 Å². The summed E-state index contributed by atoms with van der Waals surface area (Å²) in [5, 5.41) is 6.13. The van der Waals surface area contributed by atoms with Crippen LogP contribution in [0.25, 0.3) is 44.5 Å². The summed E-state index contributed by atoms with van der Waals surface area (Å²) in [6.45, 7) is 0. The molecule has 0 saturated carbocycles. The van der Waals surface area contributed by atoms with E-state index in [0.29, 0.717) is 0 Å². The lowest BCUT2D eigenvalue weighted by molar-refractivity contribution is 0.175. The molecule has 7 aromatic rings. The van der Waals surface area contributed by atoms with Crippen molar-refractivity contribution in [2.75, 3.05) is 4.90 Å². The topological polar surface area (TPSA) is 24.5 Å². The Hall–Kier alpha value is -6.06. The maximum absolute atomic E-state index is 6.51. The van der Waals surface area contributed by atoms with Crippen LogP contribution in [-0.4, -0.2) is 0 Å². The molecule has 3 heteroatoms. The van der Waals surface area contributed by atoms with Crippen LogP contribution in [0.1, 0.15) is 22.9 Å². The van der Waals surface area contributed by atoms with Gasteiger partial charge in [-0.15, -0.1) is 0 Å². The Balaban J connectivity index is 1.06. The second kappa shape index (κ2) is 10.8. The number of fused-ring (bicyclic) bond motifs is 2. The van der Waals surface area contributed by atoms with Crippen LogP contribution in [0, 0.1) is 0 Å². The Morgan fingerprint density at radius 2 is 1.00 bits per heavy atom. The van der Waals surface area contributed by atoms with Crippen molar-refractivity contribution < 1.29 is 4.74 Å². The van der Waals surface area contributed by atoms with Gasteiger partial charge in [0.2, 0.25) is 0 Å². The van der Waals surface area contributed by atoms with Crippen molar-refractivity contribution in [3.05, 3.63) is 187 Å². The third-order valence-electron chi connectivity index (χ3n) is 9.08. The molecule has 1 heterocycles. The lowest BCUT2D eigenvalue weighted by Gasteiger charge is -2.26. The Kier molecular flexibility index (Phi) is 6.20. The monoisotopic (exact) mass is 590 g/mol. The fourth-order valence-electron chi connectivity index (χ4n) is 6.88. The van der Waals surface area contributed by atoms with Crippen LogP contribution < -0.4 is 10.2 Å². The summed E-state index contributed by atoms with van der Waals surface area (Å²) in [6, 6.07) is 60.2. The Morgan fingerprint density at radius 1 is 0.435 bits per heavy atom. The maximum atomic E-state index is 6.51. The summed E-state index contributed by atoms with van der Waals surface area (Å²) in [5.74, 6) is 0.943. The van der Waals surface area contributed by atoms with Crippen LogP contribution in [0.5, 0.6) is 0 Å². The zero-order valence-corrected chi connectivity index (χ0v) is 25.1. The SMILES string of the molecule is c1ccc(-c2ccc(N(c3ccccc3)c3ccc(-c4ccc5c6c(cccc46)C4=C5OC(c5ccccc5)N4)cc3)cc2)cc1. The molecule has 9 rings (SSSR count). The van der Waals surface area contributed by atoms with Crippen LogP contribution in [0.2, 0.25) is 0 Å². The highest BCUT2D eigenvalue weighted by Gasteiger charge is 2.35. The van der Waals surface area contributed by atoms with E-state index in [1.54, 1.807) is 0 Å². The predicted octanol–water partition coefficient (Wildman–Crippen LogP) is 11.1. The highest BCUT2D eigenvalue weighted by atomic mass is 16.5. The molecule has 0 radical (unpaired) electrons. The number of para-hydroxylation sites is 1. The van der Waals surface area contributed by atoms with E-state index in [0.717, 1.165) is 39.6 Å². The summed E-state index contributed by atoms with van der Waals surface area (Å²) in [5.41, 5.74) is 12.7. The average molecular weight is 591 g/mol. The first-order valence-corrected chi connectivity index (χ1v) is 15.7. The number of nitrogens with zero attached hydrogens (tertiary/aromatic N) is 1. The van der Waals surface area contributed by atoms with Crippen molar-refractivity contribution >= 4 is 39.3 Å². The van der Waals surface area contributed by atoms with Gasteiger partial charge in [-0.3, -0.25) is 0 Å². The summed E-state index contributed by atoms with van der Waals surface area (Å²) < 4.78 is 6.51. The Bertz CT molecular complexity index is 2200. The van der Waals surface area contributed by atoms with Gasteiger partial charge in [-0.2, -0.15) is 0 Å². The molecule has 2 aliphatic rings. The fraction of sp³-hybridized carbons (Fsp3) is 0.0233. The predicted molar refractivity (Wildman–Crippen MR) is 190 cm³/mol. The molecule has 1 aliphatic heterocycles. The van der Waals surface area contributed by atoms with Crippen LogP contribution >= 0.6 is 0 Å². The molecule has 218 valence electrons. The highest BCUT2D eigenvalue weighted by Crippen LogP contribution is 2.49. The van der Waals surface area contributed by atoms with E-state index in [4.69, 9.17) is 4.74 Å². The molecule has 1 atom stereocenters. The molecular weight excluding hydrogens is 560 g/mol. The maximum Gasteiger partial charge on any atom is 0.196 e. The molecule has 0 amide bonds. The minimum absolute atomic E-state index is 0.177. The largest absolute Gasteiger partial charge is 0.464 e. The molecule has 1 N–H and O–H groups in total. The van der Waals surface area contributed by atoms with E-state index >= 15 is 0 Å². The van der Waals surface area contributed by atoms with Crippen molar-refractivity contribution in [3.63, 3.8) is 0 Å². The van der Waals surface area contributed by atoms with Gasteiger partial charge in [0.15, 0.2) is 12.0 Å². The first-order valence-electron chi connectivity index (χ1n) is 15.7. The van der Waals surface area contributed by atoms with Crippen molar-refractivity contribution in [1.82, 2.24) is 5.32 Å². The van der Waals surface area contributed by atoms with E-state index < -0.39 is 0 Å². The molecule has 1 aliphatic carbocycles. The minimum Gasteiger partial charge on any atom is -0.464 e. The average Bonchev–Trinajstić information content (AvgIpc) is 3.70. The second-order valence-corrected chi connectivity index (χ2v) is 11.8. The second-order valence-electron chi connectivity index (χ2n) is 11.8. The van der Waals surface area contributed by atoms with E-state index in [2.05, 4.69) is 174 Å². The van der Waals surface area contributed by atoms with Gasteiger partial charge in [-0.05, 0) is 70.1 Å². The molecule has 0 saturated heterocycles. The lowest BCUT2D eigenvalue weighted by atomic mass is 9.94. The van der Waals surface area contributed by atoms with Gasteiger partial charge in [0, 0.05) is 39.1 Å². The van der Waals surface area contributed by atoms with Gasteiger partial charge in [0.25, 0.3) is 0 Å². The van der Waals surface area contributed by atoms with E-state index in [9.17, 15) is 0 Å². The van der Waals surface area contributed by atoms with Gasteiger partial charge in [0.1, 0.15) is 0 Å². The van der Waals surface area contributed by atoms with Crippen molar-refractivity contribution in [2.45, 2.75) is 6.23 Å². The van der Waals surface area contributed by atoms with Crippen LogP contribution in [0.15, 0.2) is 170 Å². The summed E-state index contributed by atoms with van der Waals surface area (Å²) in [6.07, 6.45) is -0.177. The number of hydrogen-bond donors (Lipinski definition) is 1. The molecular formula is C43H30N2O. The van der Waals surface area contributed by atoms with Crippen molar-refractivity contribution in [1.29, 1.82) is 0 Å². The van der Waals surface area contributed by atoms with Crippen molar-refractivity contribution in [3.8, 4) is 22.3 Å². The Morgan fingerprint density at radius 3 is 1.70 bits per heavy atom. The third kappa shape index (κ3) is 4.36. The number of nitrogens with one attached hydrogen (secondary N) is 1. The first-order chi connectivity index (χ1) is 22.8. The van der Waals surface area contributed by atoms with Gasteiger partial charge in [0.05, 0.1) is 5.70 Å². The first kappa shape index (κ1) is 26.4. The summed E-state index contributed by atoms with van der Waals surface area (Å²) in [7, 11) is 0. The number of anilines is 3. The normalized spacial score (nSPS) is 14.6. The molecule has 0 bridgehead atoms. The molecule has 46 heavy (non-hydrogen) atoms. The lowest BCUT2D eigenvalue weighted by Crippen LogP contribution is -2.15. The number of benzene rings is 7. The van der Waals surface area contributed by atoms with Gasteiger partial charge in [-0.1, -0.05) is 127 Å². The van der Waals surface area contributed by atoms with Crippen LogP contribution in [0.4, 0.5) is 17.1 Å². The van der Waals surface area contributed by atoms with Gasteiger partial charge in [-0.25, -0.2) is 0 Å². The van der Waals surface area contributed by atoms with Crippen LogP contribution in [-0.2, 0) is 4.74 Å². The van der Waals surface area contributed by atoms with Gasteiger partial charge < -0.3 is 15.0 Å². The summed E-state index contributed by atoms with van der Waals surface area (Å²) >= 11 is 0. The molecule has 7 aromatic carbocycles. The number of hydrogen-bond acceptors (Lipinski definition) is 3. The highest BCUT2D eigenvalue weighted by molar-refractivity contribution is 6.16. The fourth-order valence-corrected chi connectivity index (χ4v) is 6.88. The van der Waals surface area contributed by atoms with E-state index in [-0.39, 0.29) is 6.23 Å². The zero-order chi connectivity index (χ0) is 30.5. The number of ether oxygens (including phenoxy) is 1. The quantitative estimate of drug-likeness (QED) is 0.208. The molecule has 0 spiro atoms. The smallest absolute Gasteiger partial charge is 0.196 e. The standard InChI is InChI=1S/C43H30N2O/c1-4-11-29(12-5-1)30-19-23-34(24-20-30)45(33-15-8-3-9-16-33)35-25-21-31(22-26-35)36-27-28-39-40-37(36)17-10-18-38(40)41-42(39)46-43(44-41)32-13-6-2-7-14-32/h1-28,43-44H. The van der Waals surface area contributed by atoms with Gasteiger partial charge >= 0.3 is 0 Å². The minimum atomic E-state index is -0.177. The molecule has 0 aromatic heterocycles. The molecule has 0 fully saturated rings. The zero-order valence-electron chi connectivity index (χ0n) is 25.1. The van der Waals surface area contributed by atoms with Crippen molar-refractivity contribution in [2.24, 2.45) is 0 Å². The third-order valence-corrected chi connectivity index (χ3v) is 9.08. The van der Waals surface area contributed by atoms with Crippen LogP contribution in [0.3, 0.4) is 0 Å². The molecule has 3 nitrogen and oxygen atoms in total.